The van der Waals surface area contributed by atoms with Crippen LogP contribution >= 0.6 is 0 Å². The van der Waals surface area contributed by atoms with Crippen molar-refractivity contribution in [1.29, 1.82) is 0 Å². The monoisotopic (exact) mass is 335 g/mol. The third kappa shape index (κ3) is 2.86. The van der Waals surface area contributed by atoms with E-state index in [4.69, 9.17) is 5.73 Å². The van der Waals surface area contributed by atoms with Gasteiger partial charge in [-0.15, -0.1) is 0 Å². The van der Waals surface area contributed by atoms with Gasteiger partial charge in [0, 0.05) is 38.1 Å². The zero-order valence-electron chi connectivity index (χ0n) is 14.0. The summed E-state index contributed by atoms with van der Waals surface area (Å²) in [5.74, 6) is -0.0872. The van der Waals surface area contributed by atoms with Gasteiger partial charge in [0.05, 0.1) is 11.1 Å². The number of benzene rings is 2. The van der Waals surface area contributed by atoms with E-state index in [1.807, 2.05) is 18.2 Å². The van der Waals surface area contributed by atoms with Gasteiger partial charge >= 0.3 is 0 Å². The van der Waals surface area contributed by atoms with Crippen LogP contribution in [0.1, 0.15) is 32.2 Å². The fourth-order valence-corrected chi connectivity index (χ4v) is 3.83. The van der Waals surface area contributed by atoms with Crippen LogP contribution in [0.3, 0.4) is 0 Å². The Morgan fingerprint density at radius 2 is 1.44 bits per heavy atom. The first-order valence-corrected chi connectivity index (χ1v) is 8.63. The average molecular weight is 335 g/mol. The first kappa shape index (κ1) is 16.0. The highest BCUT2D eigenvalue weighted by atomic mass is 16.2. The van der Waals surface area contributed by atoms with Gasteiger partial charge in [0.15, 0.2) is 0 Å². The molecule has 0 unspecified atom stereocenters. The highest BCUT2D eigenvalue weighted by Crippen LogP contribution is 2.27. The van der Waals surface area contributed by atoms with Crippen molar-refractivity contribution < 1.29 is 9.59 Å². The Kier molecular flexibility index (Phi) is 4.11. The molecule has 1 fully saturated rings. The SMILES string of the molecule is N[C@@H]1CN(CCN2C(=O)c3ccccc3C2=O)C[C@H]1c1ccccc1. The number of imide groups is 1. The lowest BCUT2D eigenvalue weighted by molar-refractivity contribution is 0.0640. The van der Waals surface area contributed by atoms with E-state index < -0.39 is 0 Å². The minimum Gasteiger partial charge on any atom is -0.326 e. The molecular formula is C20H21N3O2. The molecule has 4 rings (SSSR count). The summed E-state index contributed by atoms with van der Waals surface area (Å²) >= 11 is 0. The molecule has 5 nitrogen and oxygen atoms in total. The minimum absolute atomic E-state index is 0.0737. The predicted octanol–water partition coefficient (Wildman–Crippen LogP) is 1.71. The molecular weight excluding hydrogens is 314 g/mol. The number of nitrogens with two attached hydrogens (primary N) is 1. The lowest BCUT2D eigenvalue weighted by Crippen LogP contribution is -2.38. The van der Waals surface area contributed by atoms with Crippen LogP contribution in [0.15, 0.2) is 54.6 Å². The highest BCUT2D eigenvalue weighted by molar-refractivity contribution is 6.21. The standard InChI is InChI=1S/C20H21N3O2/c21-18-13-22(12-17(18)14-6-2-1-3-7-14)10-11-23-19(24)15-8-4-5-9-16(15)20(23)25/h1-9,17-18H,10-13,21H2/t17-,18+/m0/s1. The van der Waals surface area contributed by atoms with E-state index in [1.54, 1.807) is 24.3 Å². The predicted molar refractivity (Wildman–Crippen MR) is 95.4 cm³/mol. The highest BCUT2D eigenvalue weighted by Gasteiger charge is 2.36. The molecule has 5 heteroatoms. The summed E-state index contributed by atoms with van der Waals surface area (Å²) in [5, 5.41) is 0. The number of carbonyl (C=O) groups is 2. The second-order valence-electron chi connectivity index (χ2n) is 6.75. The summed E-state index contributed by atoms with van der Waals surface area (Å²) in [6.45, 7) is 2.69. The fraction of sp³-hybridized carbons (Fsp3) is 0.300. The number of likely N-dealkylation sites (tertiary alicyclic amines) is 1. The number of hydrogen-bond acceptors (Lipinski definition) is 4. The van der Waals surface area contributed by atoms with Gasteiger partial charge in [0.25, 0.3) is 11.8 Å². The number of fused-ring (bicyclic) bond motifs is 1. The van der Waals surface area contributed by atoms with Crippen LogP contribution in [-0.4, -0.2) is 53.8 Å². The normalized spacial score (nSPS) is 23.3. The zero-order valence-corrected chi connectivity index (χ0v) is 14.0. The first-order valence-electron chi connectivity index (χ1n) is 8.63. The van der Waals surface area contributed by atoms with E-state index in [0.717, 1.165) is 13.1 Å². The summed E-state index contributed by atoms with van der Waals surface area (Å²) in [4.78, 5) is 28.4. The van der Waals surface area contributed by atoms with Crippen LogP contribution in [0.4, 0.5) is 0 Å². The van der Waals surface area contributed by atoms with Crippen molar-refractivity contribution in [3.63, 3.8) is 0 Å². The van der Waals surface area contributed by atoms with Gasteiger partial charge in [-0.05, 0) is 17.7 Å². The molecule has 2 amide bonds. The molecule has 2 heterocycles. The number of amides is 2. The number of carbonyl (C=O) groups excluding carboxylic acids is 2. The van der Waals surface area contributed by atoms with Gasteiger partial charge in [0.1, 0.15) is 0 Å². The Morgan fingerprint density at radius 3 is 2.08 bits per heavy atom. The van der Waals surface area contributed by atoms with Crippen molar-refractivity contribution in [3.05, 3.63) is 71.3 Å². The van der Waals surface area contributed by atoms with Crippen molar-refractivity contribution >= 4 is 11.8 Å². The van der Waals surface area contributed by atoms with Gasteiger partial charge in [-0.1, -0.05) is 42.5 Å². The third-order valence-corrected chi connectivity index (χ3v) is 5.19. The summed E-state index contributed by atoms with van der Waals surface area (Å²) < 4.78 is 0. The molecule has 128 valence electrons. The third-order valence-electron chi connectivity index (χ3n) is 5.19. The lowest BCUT2D eigenvalue weighted by atomic mass is 9.95. The molecule has 2 aromatic carbocycles. The van der Waals surface area contributed by atoms with Crippen LogP contribution in [0.5, 0.6) is 0 Å². The lowest BCUT2D eigenvalue weighted by Gasteiger charge is -2.20. The molecule has 2 aliphatic heterocycles. The molecule has 2 aromatic rings. The Bertz CT molecular complexity index is 771. The maximum absolute atomic E-state index is 12.4. The fourth-order valence-electron chi connectivity index (χ4n) is 3.83. The maximum Gasteiger partial charge on any atom is 0.261 e. The van der Waals surface area contributed by atoms with Crippen LogP contribution in [0.25, 0.3) is 0 Å². The summed E-state index contributed by atoms with van der Waals surface area (Å²) in [5.41, 5.74) is 8.58. The van der Waals surface area contributed by atoms with E-state index in [9.17, 15) is 9.59 Å². The van der Waals surface area contributed by atoms with E-state index >= 15 is 0 Å². The molecule has 0 radical (unpaired) electrons. The molecule has 0 bridgehead atoms. The number of rotatable bonds is 4. The topological polar surface area (TPSA) is 66.6 Å². The molecule has 0 aromatic heterocycles. The van der Waals surface area contributed by atoms with E-state index in [-0.39, 0.29) is 17.9 Å². The van der Waals surface area contributed by atoms with Gasteiger partial charge < -0.3 is 5.73 Å². The van der Waals surface area contributed by atoms with Gasteiger partial charge in [0.2, 0.25) is 0 Å². The van der Waals surface area contributed by atoms with Crippen LogP contribution < -0.4 is 5.73 Å². The Hall–Kier alpha value is -2.50. The van der Waals surface area contributed by atoms with Crippen LogP contribution in [0.2, 0.25) is 0 Å². The van der Waals surface area contributed by atoms with Crippen LogP contribution in [-0.2, 0) is 0 Å². The molecule has 2 atom stereocenters. The molecule has 0 saturated carbocycles. The molecule has 25 heavy (non-hydrogen) atoms. The first-order chi connectivity index (χ1) is 12.1. The van der Waals surface area contributed by atoms with E-state index in [0.29, 0.717) is 30.1 Å². The Morgan fingerprint density at radius 1 is 0.840 bits per heavy atom. The quantitative estimate of drug-likeness (QED) is 0.864. The van der Waals surface area contributed by atoms with Crippen molar-refractivity contribution in [2.45, 2.75) is 12.0 Å². The van der Waals surface area contributed by atoms with Crippen molar-refractivity contribution in [3.8, 4) is 0 Å². The van der Waals surface area contributed by atoms with Crippen LogP contribution in [0, 0.1) is 0 Å². The smallest absolute Gasteiger partial charge is 0.261 e. The Balaban J connectivity index is 1.40. The largest absolute Gasteiger partial charge is 0.326 e. The van der Waals surface area contributed by atoms with Gasteiger partial charge in [-0.3, -0.25) is 19.4 Å². The van der Waals surface area contributed by atoms with E-state index in [1.165, 1.54) is 10.5 Å². The van der Waals surface area contributed by atoms with Gasteiger partial charge in [-0.25, -0.2) is 0 Å². The summed E-state index contributed by atoms with van der Waals surface area (Å²) in [7, 11) is 0. The van der Waals surface area contributed by atoms with Gasteiger partial charge in [-0.2, -0.15) is 0 Å². The minimum atomic E-state index is -0.191. The maximum atomic E-state index is 12.4. The molecule has 2 N–H and O–H groups in total. The summed E-state index contributed by atoms with van der Waals surface area (Å²) in [6, 6.07) is 17.4. The zero-order chi connectivity index (χ0) is 17.4. The number of hydrogen-bond donors (Lipinski definition) is 1. The molecule has 1 saturated heterocycles. The van der Waals surface area contributed by atoms with Crippen molar-refractivity contribution in [2.75, 3.05) is 26.2 Å². The van der Waals surface area contributed by atoms with Crippen molar-refractivity contribution in [2.24, 2.45) is 5.73 Å². The molecule has 0 aliphatic carbocycles. The molecule has 2 aliphatic rings. The number of nitrogens with zero attached hydrogens (tertiary/aromatic N) is 2. The van der Waals surface area contributed by atoms with Crippen molar-refractivity contribution in [1.82, 2.24) is 9.80 Å². The van der Waals surface area contributed by atoms with E-state index in [2.05, 4.69) is 17.0 Å². The summed E-state index contributed by atoms with van der Waals surface area (Å²) in [6.07, 6.45) is 0. The average Bonchev–Trinajstić information content (AvgIpc) is 3.13. The second kappa shape index (κ2) is 6.43. The molecule has 0 spiro atoms. The second-order valence-corrected chi connectivity index (χ2v) is 6.75. The Labute approximate surface area is 147 Å².